The van der Waals surface area contributed by atoms with Crippen LogP contribution in [0.5, 0.6) is 0 Å². The van der Waals surface area contributed by atoms with Gasteiger partial charge in [-0.15, -0.1) is 0 Å². The number of hydrogen-bond acceptors (Lipinski definition) is 3. The highest BCUT2D eigenvalue weighted by Gasteiger charge is 2.47. The highest BCUT2D eigenvalue weighted by atomic mass is 16.3. The molecule has 1 aromatic rings. The van der Waals surface area contributed by atoms with Crippen LogP contribution in [0.15, 0.2) is 24.5 Å². The van der Waals surface area contributed by atoms with Crippen LogP contribution in [0, 0.1) is 5.41 Å². The van der Waals surface area contributed by atoms with E-state index in [1.54, 1.807) is 12.4 Å². The van der Waals surface area contributed by atoms with Crippen molar-refractivity contribution in [1.29, 1.82) is 0 Å². The van der Waals surface area contributed by atoms with Crippen molar-refractivity contribution in [2.24, 2.45) is 5.41 Å². The first-order valence-electron chi connectivity index (χ1n) is 6.36. The van der Waals surface area contributed by atoms with Crippen molar-refractivity contribution in [3.8, 4) is 0 Å². The maximum absolute atomic E-state index is 11.8. The molecule has 0 aromatic carbocycles. The molecule has 0 aliphatic heterocycles. The number of carbonyl (C=O) groups excluding carboxylic acids is 1. The van der Waals surface area contributed by atoms with Crippen LogP contribution in [0.3, 0.4) is 0 Å². The maximum Gasteiger partial charge on any atom is 0.220 e. The Hall–Kier alpha value is -1.42. The van der Waals surface area contributed by atoms with E-state index >= 15 is 0 Å². The first kappa shape index (κ1) is 13.0. The Morgan fingerprint density at radius 3 is 2.72 bits per heavy atom. The molecule has 2 atom stereocenters. The lowest BCUT2D eigenvalue weighted by molar-refractivity contribution is -0.129. The molecule has 0 saturated heterocycles. The molecular weight excluding hydrogens is 228 g/mol. The number of aliphatic hydroxyl groups is 1. The lowest BCUT2D eigenvalue weighted by Gasteiger charge is -2.49. The highest BCUT2D eigenvalue weighted by Crippen LogP contribution is 2.40. The van der Waals surface area contributed by atoms with E-state index in [0.29, 0.717) is 12.8 Å². The summed E-state index contributed by atoms with van der Waals surface area (Å²) in [6.07, 6.45) is 5.03. The molecule has 1 aliphatic rings. The molecule has 4 nitrogen and oxygen atoms in total. The van der Waals surface area contributed by atoms with E-state index in [0.717, 1.165) is 12.0 Å². The lowest BCUT2D eigenvalue weighted by atomic mass is 9.64. The molecule has 18 heavy (non-hydrogen) atoms. The first-order valence-corrected chi connectivity index (χ1v) is 6.36. The van der Waals surface area contributed by atoms with Crippen LogP contribution < -0.4 is 5.32 Å². The van der Waals surface area contributed by atoms with Gasteiger partial charge in [0.05, 0.1) is 6.10 Å². The molecule has 1 aliphatic carbocycles. The van der Waals surface area contributed by atoms with E-state index in [-0.39, 0.29) is 23.5 Å². The molecule has 1 amide bonds. The van der Waals surface area contributed by atoms with E-state index in [1.165, 1.54) is 0 Å². The molecule has 2 rings (SSSR count). The smallest absolute Gasteiger partial charge is 0.220 e. The summed E-state index contributed by atoms with van der Waals surface area (Å²) >= 11 is 0. The Bertz CT molecular complexity index is 417. The van der Waals surface area contributed by atoms with Crippen molar-refractivity contribution in [2.75, 3.05) is 0 Å². The Labute approximate surface area is 107 Å². The second kappa shape index (κ2) is 5.06. The van der Waals surface area contributed by atoms with Crippen molar-refractivity contribution in [2.45, 2.75) is 45.3 Å². The molecule has 0 bridgehead atoms. The van der Waals surface area contributed by atoms with Crippen LogP contribution in [0.2, 0.25) is 0 Å². The molecule has 0 radical (unpaired) electrons. The molecule has 4 heteroatoms. The third-order valence-electron chi connectivity index (χ3n) is 3.94. The van der Waals surface area contributed by atoms with E-state index in [9.17, 15) is 9.90 Å². The van der Waals surface area contributed by atoms with E-state index in [4.69, 9.17) is 0 Å². The minimum absolute atomic E-state index is 0.0526. The molecule has 2 N–H and O–H groups in total. The van der Waals surface area contributed by atoms with Gasteiger partial charge in [0.2, 0.25) is 5.91 Å². The Kier molecular flexibility index (Phi) is 3.66. The number of nitrogens with one attached hydrogen (secondary N) is 1. The number of hydrogen-bond donors (Lipinski definition) is 2. The fourth-order valence-electron chi connectivity index (χ4n) is 2.22. The van der Waals surface area contributed by atoms with E-state index in [1.807, 2.05) is 26.0 Å². The minimum atomic E-state index is -0.303. The van der Waals surface area contributed by atoms with Crippen molar-refractivity contribution >= 4 is 5.91 Å². The van der Waals surface area contributed by atoms with Gasteiger partial charge < -0.3 is 10.4 Å². The number of nitrogens with zero attached hydrogens (tertiary/aromatic N) is 1. The number of aromatic nitrogens is 1. The molecule has 1 fully saturated rings. The molecule has 1 heterocycles. The fourth-order valence-corrected chi connectivity index (χ4v) is 2.22. The summed E-state index contributed by atoms with van der Waals surface area (Å²) in [6, 6.07) is 3.94. The average molecular weight is 248 g/mol. The zero-order valence-corrected chi connectivity index (χ0v) is 10.9. The number of aryl methyl sites for hydroxylation is 1. The average Bonchev–Trinajstić information content (AvgIpc) is 2.37. The van der Waals surface area contributed by atoms with Gasteiger partial charge in [-0.05, 0) is 30.5 Å². The number of amides is 1. The quantitative estimate of drug-likeness (QED) is 0.844. The second-order valence-electron chi connectivity index (χ2n) is 5.55. The summed E-state index contributed by atoms with van der Waals surface area (Å²) in [6.45, 7) is 3.96. The van der Waals surface area contributed by atoms with E-state index in [2.05, 4.69) is 10.3 Å². The minimum Gasteiger partial charge on any atom is -0.392 e. The summed E-state index contributed by atoms with van der Waals surface area (Å²) in [7, 11) is 0. The largest absolute Gasteiger partial charge is 0.392 e. The van der Waals surface area contributed by atoms with Crippen LogP contribution in [-0.4, -0.2) is 28.1 Å². The van der Waals surface area contributed by atoms with Crippen molar-refractivity contribution in [1.82, 2.24) is 10.3 Å². The summed E-state index contributed by atoms with van der Waals surface area (Å²) in [5.74, 6) is 0.0526. The zero-order valence-electron chi connectivity index (χ0n) is 10.9. The number of aliphatic hydroxyl groups excluding tert-OH is 1. The summed E-state index contributed by atoms with van der Waals surface area (Å²) in [4.78, 5) is 15.7. The summed E-state index contributed by atoms with van der Waals surface area (Å²) < 4.78 is 0. The van der Waals surface area contributed by atoms with Crippen LogP contribution in [0.1, 0.15) is 32.3 Å². The van der Waals surface area contributed by atoms with Gasteiger partial charge in [-0.1, -0.05) is 13.8 Å². The highest BCUT2D eigenvalue weighted by molar-refractivity contribution is 5.76. The van der Waals surface area contributed by atoms with Gasteiger partial charge in [-0.2, -0.15) is 0 Å². The van der Waals surface area contributed by atoms with Gasteiger partial charge >= 0.3 is 0 Å². The second-order valence-corrected chi connectivity index (χ2v) is 5.55. The van der Waals surface area contributed by atoms with E-state index < -0.39 is 0 Å². The van der Waals surface area contributed by atoms with Crippen LogP contribution >= 0.6 is 0 Å². The van der Waals surface area contributed by atoms with Gasteiger partial charge in [0.25, 0.3) is 0 Å². The van der Waals surface area contributed by atoms with Gasteiger partial charge in [0.15, 0.2) is 0 Å². The Balaban J connectivity index is 1.77. The third-order valence-corrected chi connectivity index (χ3v) is 3.94. The van der Waals surface area contributed by atoms with Crippen LogP contribution in [0.4, 0.5) is 0 Å². The van der Waals surface area contributed by atoms with Crippen LogP contribution in [0.25, 0.3) is 0 Å². The molecule has 1 saturated carbocycles. The zero-order chi connectivity index (χ0) is 13.2. The predicted molar refractivity (Wildman–Crippen MR) is 68.9 cm³/mol. The monoisotopic (exact) mass is 248 g/mol. The van der Waals surface area contributed by atoms with Crippen molar-refractivity contribution < 1.29 is 9.90 Å². The number of rotatable bonds is 4. The Morgan fingerprint density at radius 2 is 2.17 bits per heavy atom. The van der Waals surface area contributed by atoms with Crippen LogP contribution in [-0.2, 0) is 11.2 Å². The lowest BCUT2D eigenvalue weighted by Crippen LogP contribution is -2.61. The normalized spacial score (nSPS) is 25.3. The molecule has 0 spiro atoms. The summed E-state index contributed by atoms with van der Waals surface area (Å²) in [5, 5.41) is 12.6. The van der Waals surface area contributed by atoms with Gasteiger partial charge in [-0.25, -0.2) is 0 Å². The standard InChI is InChI=1S/C14H20N2O2/c1-14(2)11(9-12(14)17)16-13(18)4-3-10-5-7-15-8-6-10/h5-8,11-12,17H,3-4,9H2,1-2H3,(H,16,18). The molecular formula is C14H20N2O2. The van der Waals surface area contributed by atoms with Gasteiger partial charge in [0, 0.05) is 30.3 Å². The third kappa shape index (κ3) is 2.70. The summed E-state index contributed by atoms with van der Waals surface area (Å²) in [5.41, 5.74) is 0.917. The van der Waals surface area contributed by atoms with Gasteiger partial charge in [-0.3, -0.25) is 9.78 Å². The predicted octanol–water partition coefficient (Wildman–Crippen LogP) is 1.29. The van der Waals surface area contributed by atoms with Crippen molar-refractivity contribution in [3.05, 3.63) is 30.1 Å². The number of pyridine rings is 1. The fraction of sp³-hybridized carbons (Fsp3) is 0.571. The number of carbonyl (C=O) groups is 1. The topological polar surface area (TPSA) is 62.2 Å². The van der Waals surface area contributed by atoms with Crippen molar-refractivity contribution in [3.63, 3.8) is 0 Å². The SMILES string of the molecule is CC1(C)C(O)CC1NC(=O)CCc1ccncc1. The molecule has 2 unspecified atom stereocenters. The Morgan fingerprint density at radius 1 is 1.50 bits per heavy atom. The maximum atomic E-state index is 11.8. The first-order chi connectivity index (χ1) is 8.50. The molecule has 98 valence electrons. The molecule has 1 aromatic heterocycles. The van der Waals surface area contributed by atoms with Gasteiger partial charge in [0.1, 0.15) is 0 Å².